The summed E-state index contributed by atoms with van der Waals surface area (Å²) in [6.45, 7) is 3.87. The highest BCUT2D eigenvalue weighted by molar-refractivity contribution is 5.95. The second-order valence-electron chi connectivity index (χ2n) is 5.90. The molecule has 3 heterocycles. The molecule has 0 saturated carbocycles. The molecule has 1 aliphatic heterocycles. The summed E-state index contributed by atoms with van der Waals surface area (Å²) >= 11 is 0. The minimum absolute atomic E-state index is 0.214. The van der Waals surface area contributed by atoms with Crippen LogP contribution in [0.1, 0.15) is 23.0 Å². The number of ether oxygens (including phenoxy) is 3. The van der Waals surface area contributed by atoms with Crippen LogP contribution in [0.15, 0.2) is 18.6 Å². The van der Waals surface area contributed by atoms with Gasteiger partial charge in [-0.05, 0) is 6.92 Å². The number of hydrogen-bond donors (Lipinski definition) is 1. The molecule has 2 atom stereocenters. The SMILES string of the molecule is CCn1cc(O[C@@H]2COC[C@@H]2NC(=O)c2cn(C)nc2COC)cn1. The first kappa shape index (κ1) is 17.4. The van der Waals surface area contributed by atoms with Crippen molar-refractivity contribution in [3.63, 3.8) is 0 Å². The molecule has 1 aliphatic rings. The van der Waals surface area contributed by atoms with E-state index in [1.54, 1.807) is 35.9 Å². The van der Waals surface area contributed by atoms with E-state index in [4.69, 9.17) is 14.2 Å². The number of methoxy groups -OCH3 is 1. The van der Waals surface area contributed by atoms with E-state index in [0.29, 0.717) is 30.2 Å². The summed E-state index contributed by atoms with van der Waals surface area (Å²) in [7, 11) is 3.34. The molecule has 136 valence electrons. The zero-order valence-electron chi connectivity index (χ0n) is 14.6. The van der Waals surface area contributed by atoms with E-state index in [1.165, 1.54) is 0 Å². The standard InChI is InChI=1S/C16H23N5O4/c1-4-21-6-11(5-17-21)25-15-10-24-9-14(15)18-16(22)12-7-20(2)19-13(12)8-23-3/h5-7,14-15H,4,8-10H2,1-3H3,(H,18,22)/t14-,15+/m0/s1. The first-order chi connectivity index (χ1) is 12.1. The van der Waals surface area contributed by atoms with Crippen LogP contribution in [0.3, 0.4) is 0 Å². The lowest BCUT2D eigenvalue weighted by atomic mass is 10.1. The first-order valence-corrected chi connectivity index (χ1v) is 8.20. The summed E-state index contributed by atoms with van der Waals surface area (Å²) < 4.78 is 19.9. The summed E-state index contributed by atoms with van der Waals surface area (Å²) in [5.74, 6) is 0.451. The van der Waals surface area contributed by atoms with Gasteiger partial charge in [-0.15, -0.1) is 0 Å². The number of nitrogens with one attached hydrogen (secondary N) is 1. The second kappa shape index (κ2) is 7.66. The predicted molar refractivity (Wildman–Crippen MR) is 88.3 cm³/mol. The molecule has 9 heteroatoms. The number of carbonyl (C=O) groups excluding carboxylic acids is 1. The minimum Gasteiger partial charge on any atom is -0.482 e. The van der Waals surface area contributed by atoms with E-state index in [9.17, 15) is 4.79 Å². The van der Waals surface area contributed by atoms with E-state index in [-0.39, 0.29) is 24.7 Å². The van der Waals surface area contributed by atoms with Crippen molar-refractivity contribution in [3.05, 3.63) is 29.8 Å². The lowest BCUT2D eigenvalue weighted by Crippen LogP contribution is -2.45. The lowest BCUT2D eigenvalue weighted by molar-refractivity contribution is 0.0899. The Hall–Kier alpha value is -2.39. The molecular weight excluding hydrogens is 326 g/mol. The highest BCUT2D eigenvalue weighted by Gasteiger charge is 2.32. The van der Waals surface area contributed by atoms with Gasteiger partial charge in [0.15, 0.2) is 5.75 Å². The molecule has 0 spiro atoms. The predicted octanol–water partition coefficient (Wildman–Crippen LogP) is 0.359. The fourth-order valence-corrected chi connectivity index (χ4v) is 2.75. The molecule has 0 bridgehead atoms. The van der Waals surface area contributed by atoms with Crippen LogP contribution in [-0.4, -0.2) is 57.9 Å². The van der Waals surface area contributed by atoms with Gasteiger partial charge in [0.05, 0.1) is 43.8 Å². The van der Waals surface area contributed by atoms with Crippen LogP contribution < -0.4 is 10.1 Å². The van der Waals surface area contributed by atoms with Gasteiger partial charge < -0.3 is 19.5 Å². The maximum Gasteiger partial charge on any atom is 0.255 e. The van der Waals surface area contributed by atoms with Crippen molar-refractivity contribution in [2.24, 2.45) is 7.05 Å². The van der Waals surface area contributed by atoms with Crippen molar-refractivity contribution >= 4 is 5.91 Å². The highest BCUT2D eigenvalue weighted by atomic mass is 16.5. The molecule has 3 rings (SSSR count). The van der Waals surface area contributed by atoms with E-state index in [0.717, 1.165) is 6.54 Å². The van der Waals surface area contributed by atoms with Crippen molar-refractivity contribution in [1.29, 1.82) is 0 Å². The number of hydrogen-bond acceptors (Lipinski definition) is 6. The monoisotopic (exact) mass is 349 g/mol. The quantitative estimate of drug-likeness (QED) is 0.776. The molecule has 1 saturated heterocycles. The zero-order valence-corrected chi connectivity index (χ0v) is 14.6. The van der Waals surface area contributed by atoms with Gasteiger partial charge in [0.25, 0.3) is 5.91 Å². The minimum atomic E-state index is -0.263. The van der Waals surface area contributed by atoms with Gasteiger partial charge in [-0.1, -0.05) is 0 Å². The topological polar surface area (TPSA) is 92.4 Å². The summed E-state index contributed by atoms with van der Waals surface area (Å²) in [4.78, 5) is 12.6. The van der Waals surface area contributed by atoms with Crippen LogP contribution in [0.2, 0.25) is 0 Å². The fraction of sp³-hybridized carbons (Fsp3) is 0.562. The molecule has 1 amide bonds. The molecule has 0 aliphatic carbocycles. The normalized spacial score (nSPS) is 20.0. The Morgan fingerprint density at radius 3 is 3.00 bits per heavy atom. The number of nitrogens with zero attached hydrogens (tertiary/aromatic N) is 4. The molecular formula is C16H23N5O4. The Labute approximate surface area is 145 Å². The molecule has 25 heavy (non-hydrogen) atoms. The number of carbonyl (C=O) groups is 1. The third kappa shape index (κ3) is 3.99. The van der Waals surface area contributed by atoms with Crippen molar-refractivity contribution < 1.29 is 19.0 Å². The van der Waals surface area contributed by atoms with Crippen LogP contribution >= 0.6 is 0 Å². The Morgan fingerprint density at radius 1 is 1.44 bits per heavy atom. The molecule has 9 nitrogen and oxygen atoms in total. The average molecular weight is 349 g/mol. The largest absolute Gasteiger partial charge is 0.482 e. The first-order valence-electron chi connectivity index (χ1n) is 8.20. The van der Waals surface area contributed by atoms with Gasteiger partial charge in [-0.25, -0.2) is 0 Å². The molecule has 2 aromatic rings. The molecule has 0 radical (unpaired) electrons. The van der Waals surface area contributed by atoms with E-state index < -0.39 is 0 Å². The summed E-state index contributed by atoms with van der Waals surface area (Å²) in [6, 6.07) is -0.243. The molecule has 1 N–H and O–H groups in total. The van der Waals surface area contributed by atoms with Crippen LogP contribution in [0, 0.1) is 0 Å². The van der Waals surface area contributed by atoms with Gasteiger partial charge in [0.2, 0.25) is 0 Å². The van der Waals surface area contributed by atoms with Crippen molar-refractivity contribution in [3.8, 4) is 5.75 Å². The zero-order chi connectivity index (χ0) is 17.8. The van der Waals surface area contributed by atoms with Gasteiger partial charge in [-0.3, -0.25) is 14.2 Å². The Kier molecular flexibility index (Phi) is 5.34. The van der Waals surface area contributed by atoms with Crippen molar-refractivity contribution in [2.45, 2.75) is 32.2 Å². The van der Waals surface area contributed by atoms with Crippen LogP contribution in [0.25, 0.3) is 0 Å². The number of rotatable bonds is 7. The molecule has 1 fully saturated rings. The number of amides is 1. The Morgan fingerprint density at radius 2 is 2.28 bits per heavy atom. The van der Waals surface area contributed by atoms with E-state index >= 15 is 0 Å². The van der Waals surface area contributed by atoms with Gasteiger partial charge in [0.1, 0.15) is 11.8 Å². The molecule has 2 aromatic heterocycles. The molecule has 0 aromatic carbocycles. The van der Waals surface area contributed by atoms with Gasteiger partial charge >= 0.3 is 0 Å². The smallest absolute Gasteiger partial charge is 0.255 e. The van der Waals surface area contributed by atoms with E-state index in [1.807, 2.05) is 13.1 Å². The van der Waals surface area contributed by atoms with Crippen LogP contribution in [-0.2, 0) is 29.7 Å². The lowest BCUT2D eigenvalue weighted by Gasteiger charge is -2.19. The second-order valence-corrected chi connectivity index (χ2v) is 5.90. The van der Waals surface area contributed by atoms with Crippen molar-refractivity contribution in [1.82, 2.24) is 24.9 Å². The summed E-state index contributed by atoms with van der Waals surface area (Å²) in [6.07, 6.45) is 4.91. The summed E-state index contributed by atoms with van der Waals surface area (Å²) in [5, 5.41) is 11.4. The third-order valence-corrected chi connectivity index (χ3v) is 4.00. The van der Waals surface area contributed by atoms with Crippen molar-refractivity contribution in [2.75, 3.05) is 20.3 Å². The third-order valence-electron chi connectivity index (χ3n) is 4.00. The highest BCUT2D eigenvalue weighted by Crippen LogP contribution is 2.17. The fourth-order valence-electron chi connectivity index (χ4n) is 2.75. The van der Waals surface area contributed by atoms with Crippen LogP contribution in [0.5, 0.6) is 5.75 Å². The number of aromatic nitrogens is 4. The number of aryl methyl sites for hydroxylation is 2. The molecule has 0 unspecified atom stereocenters. The van der Waals surface area contributed by atoms with E-state index in [2.05, 4.69) is 15.5 Å². The summed E-state index contributed by atoms with van der Waals surface area (Å²) in [5.41, 5.74) is 1.09. The average Bonchev–Trinajstić information content (AvgIpc) is 3.30. The Bertz CT molecular complexity index is 726. The maximum atomic E-state index is 12.6. The van der Waals surface area contributed by atoms with Crippen LogP contribution in [0.4, 0.5) is 0 Å². The van der Waals surface area contributed by atoms with Gasteiger partial charge in [0, 0.05) is 26.9 Å². The maximum absolute atomic E-state index is 12.6. The van der Waals surface area contributed by atoms with Gasteiger partial charge in [-0.2, -0.15) is 10.2 Å². The Balaban J connectivity index is 1.65.